The van der Waals surface area contributed by atoms with Crippen LogP contribution in [-0.2, 0) is 9.13 Å². The summed E-state index contributed by atoms with van der Waals surface area (Å²) in [6.45, 7) is 0. The summed E-state index contributed by atoms with van der Waals surface area (Å²) in [5, 5.41) is 15.8. The first-order valence-electron chi connectivity index (χ1n) is 19.9. The van der Waals surface area contributed by atoms with Crippen LogP contribution in [0.25, 0.3) is 21.7 Å². The summed E-state index contributed by atoms with van der Waals surface area (Å²) >= 11 is 0. The van der Waals surface area contributed by atoms with E-state index in [0.717, 1.165) is 37.9 Å². The topological polar surface area (TPSA) is 102 Å². The average Bonchev–Trinajstić information content (AvgIpc) is 3.35. The maximum absolute atomic E-state index is 13.8. The van der Waals surface area contributed by atoms with E-state index in [2.05, 4.69) is 0 Å². The van der Waals surface area contributed by atoms with Crippen LogP contribution in [0.15, 0.2) is 228 Å². The Balaban J connectivity index is 0.000000164. The molecule has 0 saturated carbocycles. The van der Waals surface area contributed by atoms with E-state index in [1.165, 1.54) is 12.1 Å². The van der Waals surface area contributed by atoms with Crippen LogP contribution in [0.1, 0.15) is 10.4 Å². The fraction of sp³-hybridized carbons (Fsp3) is 0.0385. The molecule has 0 fully saturated rings. The largest absolute Gasteiger partial charge is 0.506 e. The molecule has 1 N–H and O–H groups in total. The third-order valence-electron chi connectivity index (χ3n) is 10.4. The molecular weight excluding hydrogens is 1030 g/mol. The van der Waals surface area contributed by atoms with E-state index in [0.29, 0.717) is 10.8 Å². The van der Waals surface area contributed by atoms with Gasteiger partial charge in [-0.1, -0.05) is 212 Å². The Bertz CT molecular complexity index is 2880. The molecule has 0 amide bonds. The predicted molar refractivity (Wildman–Crippen MR) is 249 cm³/mol. The number of fused-ring (bicyclic) bond motifs is 3. The van der Waals surface area contributed by atoms with E-state index in [1.54, 1.807) is 18.2 Å². The Morgan fingerprint density at radius 1 is 0.439 bits per heavy atom. The third-order valence-corrected chi connectivity index (χ3v) is 16.5. The van der Waals surface area contributed by atoms with E-state index in [9.17, 15) is 45.8 Å². The molecule has 0 aliphatic carbocycles. The van der Waals surface area contributed by atoms with E-state index >= 15 is 0 Å². The molecule has 0 unspecified atom stereocenters. The summed E-state index contributed by atoms with van der Waals surface area (Å²) in [6, 6.07) is 67.2. The first-order chi connectivity index (χ1) is 31.2. The van der Waals surface area contributed by atoms with Gasteiger partial charge >= 0.3 is 17.7 Å². The van der Waals surface area contributed by atoms with Crippen molar-refractivity contribution in [1.29, 1.82) is 0 Å². The molecule has 0 saturated heterocycles. The predicted octanol–water partition coefficient (Wildman–Crippen LogP) is 10.7. The SMILES string of the molecule is O=C(c1c(O)c2ccc3ccccc3c2oc1=O)C(F)(F)C(F)(F)F.O=P(c1ccccc1)(c1ccccc1)c1ccccc1.O=P(c1ccccc1)(c1ccccc1)c1ccccc1.[Eu]. The van der Waals surface area contributed by atoms with Crippen LogP contribution in [0.3, 0.4) is 0 Å². The number of ketones is 1. The molecule has 14 heteroatoms. The van der Waals surface area contributed by atoms with Gasteiger partial charge in [0.25, 0.3) is 5.78 Å². The van der Waals surface area contributed by atoms with Crippen molar-refractivity contribution >= 4 is 73.6 Å². The molecule has 0 spiro atoms. The number of alkyl halides is 5. The standard InChI is InChI=1S/2C18H15OP.C16H7F5O4.Eu/c2*19-20(16-10-4-1-5-11-16,17-12-6-2-7-13-17)18-14-8-3-9-15-18;17-15(18,16(19,20)21)13(23)10-11(22)9-6-5-7-3-1-2-4-8(7)12(9)25-14(10)24;/h2*1-15H;1-6,22H;. The Morgan fingerprint density at radius 3 is 1.06 bits per heavy atom. The first kappa shape index (κ1) is 49.8. The average molecular weight is 1070 g/mol. The molecule has 9 aromatic rings. The van der Waals surface area contributed by atoms with Gasteiger partial charge in [0.2, 0.25) is 0 Å². The number of Topliss-reactive ketones (excluding diaryl/α,β-unsaturated/α-hetero) is 1. The van der Waals surface area contributed by atoms with Crippen molar-refractivity contribution in [3.63, 3.8) is 0 Å². The Hall–Kier alpha value is -5.61. The molecular formula is C52H37EuF5O6P2. The third kappa shape index (κ3) is 10.2. The summed E-state index contributed by atoms with van der Waals surface area (Å²) in [5.41, 5.74) is -3.76. The molecule has 0 atom stereocenters. The summed E-state index contributed by atoms with van der Waals surface area (Å²) in [4.78, 5) is 23.4. The monoisotopic (exact) mass is 1070 g/mol. The molecule has 0 aliphatic heterocycles. The van der Waals surface area contributed by atoms with Crippen molar-refractivity contribution in [2.24, 2.45) is 0 Å². The number of hydrogen-bond donors (Lipinski definition) is 1. The fourth-order valence-corrected chi connectivity index (χ4v) is 12.5. The number of aromatic hydroxyl groups is 1. The number of rotatable bonds is 8. The zero-order chi connectivity index (χ0) is 46.2. The maximum Gasteiger partial charge on any atom is 0.461 e. The van der Waals surface area contributed by atoms with Gasteiger partial charge in [0.1, 0.15) is 11.3 Å². The van der Waals surface area contributed by atoms with Gasteiger partial charge in [-0.2, -0.15) is 22.0 Å². The molecule has 6 nitrogen and oxygen atoms in total. The minimum Gasteiger partial charge on any atom is -0.506 e. The van der Waals surface area contributed by atoms with Crippen molar-refractivity contribution in [2.75, 3.05) is 0 Å². The minimum absolute atomic E-state index is 0. The van der Waals surface area contributed by atoms with Crippen molar-refractivity contribution < 1.29 is 94.8 Å². The van der Waals surface area contributed by atoms with Crippen LogP contribution < -0.4 is 37.5 Å². The van der Waals surface area contributed by atoms with Crippen LogP contribution in [0.2, 0.25) is 0 Å². The van der Waals surface area contributed by atoms with Gasteiger partial charge in [-0.05, 0) is 11.5 Å². The Kier molecular flexibility index (Phi) is 16.1. The number of carbonyl (C=O) groups excluding carboxylic acids is 1. The van der Waals surface area contributed by atoms with E-state index in [4.69, 9.17) is 4.42 Å². The van der Waals surface area contributed by atoms with Gasteiger partial charge in [0, 0.05) is 86.6 Å². The van der Waals surface area contributed by atoms with Gasteiger partial charge in [-0.15, -0.1) is 0 Å². The molecule has 8 aromatic carbocycles. The van der Waals surface area contributed by atoms with Crippen molar-refractivity contribution in [3.8, 4) is 5.75 Å². The number of halogens is 5. The van der Waals surface area contributed by atoms with Crippen LogP contribution in [0.4, 0.5) is 22.0 Å². The smallest absolute Gasteiger partial charge is 0.461 e. The van der Waals surface area contributed by atoms with Gasteiger partial charge in [-0.25, -0.2) is 4.79 Å². The molecule has 9 rings (SSSR count). The Morgan fingerprint density at radius 2 is 0.742 bits per heavy atom. The van der Waals surface area contributed by atoms with Crippen LogP contribution >= 0.6 is 14.3 Å². The maximum atomic E-state index is 13.8. The van der Waals surface area contributed by atoms with Crippen molar-refractivity contribution in [1.82, 2.24) is 0 Å². The van der Waals surface area contributed by atoms with E-state index in [-0.39, 0.29) is 60.3 Å². The summed E-state index contributed by atoms with van der Waals surface area (Å²) < 4.78 is 96.0. The normalized spacial score (nSPS) is 11.6. The fourth-order valence-electron chi connectivity index (χ4n) is 7.12. The zero-order valence-electron chi connectivity index (χ0n) is 34.4. The molecule has 0 aliphatic rings. The molecule has 66 heavy (non-hydrogen) atoms. The summed E-state index contributed by atoms with van der Waals surface area (Å²) in [5.74, 6) is -10.0. The van der Waals surface area contributed by atoms with Crippen LogP contribution in [0.5, 0.6) is 5.75 Å². The molecule has 1 radical (unpaired) electrons. The number of hydrogen-bond acceptors (Lipinski definition) is 6. The first-order valence-corrected chi connectivity index (χ1v) is 23.3. The zero-order valence-corrected chi connectivity index (χ0v) is 38.6. The summed E-state index contributed by atoms with van der Waals surface area (Å²) in [6.07, 6.45) is -6.22. The minimum atomic E-state index is -6.22. The molecule has 333 valence electrons. The van der Waals surface area contributed by atoms with E-state index < -0.39 is 49.1 Å². The van der Waals surface area contributed by atoms with Gasteiger partial charge in [-0.3, -0.25) is 4.79 Å². The van der Waals surface area contributed by atoms with Crippen LogP contribution in [0, 0.1) is 49.4 Å². The molecule has 0 bridgehead atoms. The van der Waals surface area contributed by atoms with Gasteiger partial charge < -0.3 is 18.7 Å². The second-order valence-corrected chi connectivity index (χ2v) is 19.9. The van der Waals surface area contributed by atoms with Crippen molar-refractivity contribution in [2.45, 2.75) is 12.1 Å². The van der Waals surface area contributed by atoms with Crippen molar-refractivity contribution in [3.05, 3.63) is 234 Å². The summed E-state index contributed by atoms with van der Waals surface area (Å²) in [7, 11) is -5.55. The molecule has 1 heterocycles. The van der Waals surface area contributed by atoms with Crippen LogP contribution in [-0.4, -0.2) is 23.0 Å². The quantitative estimate of drug-likeness (QED) is 0.0535. The second kappa shape index (κ2) is 21.4. The van der Waals surface area contributed by atoms with Gasteiger partial charge in [0.15, 0.2) is 19.8 Å². The number of carbonyl (C=O) groups is 1. The van der Waals surface area contributed by atoms with Gasteiger partial charge in [0.05, 0.1) is 5.39 Å². The van der Waals surface area contributed by atoms with E-state index in [1.807, 2.05) is 182 Å². The second-order valence-electron chi connectivity index (χ2n) is 14.4. The Labute approximate surface area is 417 Å². The molecule has 1 aromatic heterocycles. The number of benzene rings is 8.